The zero-order chi connectivity index (χ0) is 16.8. The summed E-state index contributed by atoms with van der Waals surface area (Å²) in [5, 5.41) is 5.88. The molecule has 0 aromatic heterocycles. The lowest BCUT2D eigenvalue weighted by atomic mass is 10.0. The molecule has 2 amide bonds. The van der Waals surface area contributed by atoms with Crippen LogP contribution in [0.2, 0.25) is 0 Å². The van der Waals surface area contributed by atoms with Gasteiger partial charge in [-0.25, -0.2) is 0 Å². The molecule has 24 heavy (non-hydrogen) atoms. The topological polar surface area (TPSA) is 61.4 Å². The highest BCUT2D eigenvalue weighted by atomic mass is 32.2. The number of nitrogens with zero attached hydrogens (tertiary/aromatic N) is 1. The first kappa shape index (κ1) is 17.3. The quantitative estimate of drug-likeness (QED) is 0.733. The van der Waals surface area contributed by atoms with Gasteiger partial charge in [0.1, 0.15) is 6.04 Å². The molecule has 3 rings (SSSR count). The second-order valence-corrected chi connectivity index (χ2v) is 7.54. The van der Waals surface area contributed by atoms with Gasteiger partial charge in [-0.3, -0.25) is 14.5 Å². The van der Waals surface area contributed by atoms with E-state index in [1.807, 2.05) is 42.1 Å². The molecule has 1 aromatic rings. The monoisotopic (exact) mass is 347 g/mol. The minimum absolute atomic E-state index is 0.0220. The van der Waals surface area contributed by atoms with Crippen LogP contribution < -0.4 is 10.6 Å². The van der Waals surface area contributed by atoms with E-state index in [4.69, 9.17) is 0 Å². The number of thioether (sulfide) groups is 1. The molecule has 2 aliphatic rings. The summed E-state index contributed by atoms with van der Waals surface area (Å²) in [6, 6.07) is 9.71. The van der Waals surface area contributed by atoms with Gasteiger partial charge in [0.25, 0.3) is 0 Å². The van der Waals surface area contributed by atoms with Crippen molar-refractivity contribution in [2.24, 2.45) is 5.92 Å². The molecule has 0 spiro atoms. The molecule has 1 heterocycles. The second kappa shape index (κ2) is 8.53. The van der Waals surface area contributed by atoms with Gasteiger partial charge in [0.05, 0.1) is 0 Å². The van der Waals surface area contributed by atoms with E-state index in [2.05, 4.69) is 15.5 Å². The third-order valence-corrected chi connectivity index (χ3v) is 5.39. The Kier molecular flexibility index (Phi) is 6.15. The molecule has 1 saturated heterocycles. The Bertz CT molecular complexity index is 557. The first-order valence-corrected chi connectivity index (χ1v) is 9.83. The number of benzene rings is 1. The molecule has 2 fully saturated rings. The zero-order valence-electron chi connectivity index (χ0n) is 13.9. The predicted octanol–water partition coefficient (Wildman–Crippen LogP) is 1.42. The zero-order valence-corrected chi connectivity index (χ0v) is 14.7. The van der Waals surface area contributed by atoms with E-state index in [9.17, 15) is 9.59 Å². The van der Waals surface area contributed by atoms with Crippen molar-refractivity contribution >= 4 is 23.6 Å². The van der Waals surface area contributed by atoms with Crippen molar-refractivity contribution in [1.29, 1.82) is 0 Å². The molecule has 1 aromatic carbocycles. The largest absolute Gasteiger partial charge is 0.354 e. The number of carbonyl (C=O) groups excluding carboxylic acids is 2. The third kappa shape index (κ3) is 4.74. The molecule has 2 N–H and O–H groups in total. The average Bonchev–Trinajstić information content (AvgIpc) is 3.46. The second-order valence-electron chi connectivity index (χ2n) is 6.32. The fourth-order valence-electron chi connectivity index (χ4n) is 2.96. The third-order valence-electron chi connectivity index (χ3n) is 4.45. The van der Waals surface area contributed by atoms with E-state index >= 15 is 0 Å². The van der Waals surface area contributed by atoms with Crippen molar-refractivity contribution in [3.8, 4) is 0 Å². The van der Waals surface area contributed by atoms with Crippen LogP contribution in [0.15, 0.2) is 30.3 Å². The fraction of sp³-hybridized carbons (Fsp3) is 0.556. The summed E-state index contributed by atoms with van der Waals surface area (Å²) in [4.78, 5) is 26.6. The number of nitrogens with one attached hydrogen (secondary N) is 2. The maximum absolute atomic E-state index is 12.8. The Morgan fingerprint density at radius 1 is 1.08 bits per heavy atom. The summed E-state index contributed by atoms with van der Waals surface area (Å²) in [6.45, 7) is 2.83. The Morgan fingerprint density at radius 2 is 1.75 bits per heavy atom. The van der Waals surface area contributed by atoms with E-state index in [1.54, 1.807) is 0 Å². The SMILES string of the molecule is O=C(NCCNC(=O)C(c1ccccc1)N1CCSCC1)C1CC1. The van der Waals surface area contributed by atoms with Crippen LogP contribution in [-0.2, 0) is 9.59 Å². The van der Waals surface area contributed by atoms with E-state index in [-0.39, 0.29) is 23.8 Å². The van der Waals surface area contributed by atoms with Gasteiger partial charge in [-0.15, -0.1) is 0 Å². The van der Waals surface area contributed by atoms with Gasteiger partial charge in [0, 0.05) is 43.6 Å². The summed E-state index contributed by atoms with van der Waals surface area (Å²) >= 11 is 1.94. The maximum Gasteiger partial charge on any atom is 0.242 e. The van der Waals surface area contributed by atoms with Crippen LogP contribution in [0.4, 0.5) is 0 Å². The fourth-order valence-corrected chi connectivity index (χ4v) is 3.89. The summed E-state index contributed by atoms with van der Waals surface area (Å²) < 4.78 is 0. The molecule has 0 bridgehead atoms. The lowest BCUT2D eigenvalue weighted by Crippen LogP contribution is -2.45. The molecular weight excluding hydrogens is 322 g/mol. The van der Waals surface area contributed by atoms with Gasteiger partial charge in [0.15, 0.2) is 0 Å². The van der Waals surface area contributed by atoms with E-state index in [1.165, 1.54) is 0 Å². The number of hydrogen-bond acceptors (Lipinski definition) is 4. The maximum atomic E-state index is 12.8. The lowest BCUT2D eigenvalue weighted by molar-refractivity contribution is -0.127. The first-order valence-electron chi connectivity index (χ1n) is 8.68. The van der Waals surface area contributed by atoms with Gasteiger partial charge in [-0.1, -0.05) is 30.3 Å². The van der Waals surface area contributed by atoms with Gasteiger partial charge >= 0.3 is 0 Å². The highest BCUT2D eigenvalue weighted by Gasteiger charge is 2.30. The van der Waals surface area contributed by atoms with Crippen molar-refractivity contribution < 1.29 is 9.59 Å². The minimum Gasteiger partial charge on any atom is -0.354 e. The van der Waals surface area contributed by atoms with Crippen molar-refractivity contribution in [1.82, 2.24) is 15.5 Å². The Labute approximate surface area is 147 Å². The Balaban J connectivity index is 1.55. The molecule has 130 valence electrons. The molecule has 1 unspecified atom stereocenters. The normalized spacial score (nSPS) is 19.5. The molecule has 1 saturated carbocycles. The summed E-state index contributed by atoms with van der Waals surface area (Å²) in [7, 11) is 0. The van der Waals surface area contributed by atoms with Crippen LogP contribution in [-0.4, -0.2) is 54.4 Å². The van der Waals surface area contributed by atoms with E-state index in [0.717, 1.165) is 43.0 Å². The number of rotatable bonds is 7. The average molecular weight is 347 g/mol. The molecule has 1 aliphatic carbocycles. The lowest BCUT2D eigenvalue weighted by Gasteiger charge is -2.33. The predicted molar refractivity (Wildman–Crippen MR) is 96.8 cm³/mol. The van der Waals surface area contributed by atoms with Crippen LogP contribution in [0.5, 0.6) is 0 Å². The van der Waals surface area contributed by atoms with Gasteiger partial charge in [-0.2, -0.15) is 11.8 Å². The van der Waals surface area contributed by atoms with Crippen molar-refractivity contribution in [3.05, 3.63) is 35.9 Å². The van der Waals surface area contributed by atoms with Crippen LogP contribution in [0, 0.1) is 5.92 Å². The highest BCUT2D eigenvalue weighted by molar-refractivity contribution is 7.99. The molecule has 5 nitrogen and oxygen atoms in total. The van der Waals surface area contributed by atoms with Crippen LogP contribution in [0.1, 0.15) is 24.4 Å². The first-order chi connectivity index (χ1) is 11.8. The Morgan fingerprint density at radius 3 is 2.42 bits per heavy atom. The van der Waals surface area contributed by atoms with Crippen molar-refractivity contribution in [2.75, 3.05) is 37.7 Å². The van der Waals surface area contributed by atoms with Crippen LogP contribution in [0.3, 0.4) is 0 Å². The number of amides is 2. The van der Waals surface area contributed by atoms with Gasteiger partial charge in [-0.05, 0) is 18.4 Å². The molecule has 1 aliphatic heterocycles. The van der Waals surface area contributed by atoms with Crippen LogP contribution in [0.25, 0.3) is 0 Å². The standard InChI is InChI=1S/C18H25N3O2S/c22-17(15-6-7-15)19-8-9-20-18(23)16(14-4-2-1-3-5-14)21-10-12-24-13-11-21/h1-5,15-16H,6-13H2,(H,19,22)(H,20,23). The summed E-state index contributed by atoms with van der Waals surface area (Å²) in [5.41, 5.74) is 1.03. The van der Waals surface area contributed by atoms with Gasteiger partial charge in [0.2, 0.25) is 11.8 Å². The summed E-state index contributed by atoms with van der Waals surface area (Å²) in [5.74, 6) is 2.48. The van der Waals surface area contributed by atoms with Crippen molar-refractivity contribution in [3.63, 3.8) is 0 Å². The molecule has 6 heteroatoms. The van der Waals surface area contributed by atoms with E-state index < -0.39 is 0 Å². The minimum atomic E-state index is -0.244. The smallest absolute Gasteiger partial charge is 0.242 e. The summed E-state index contributed by atoms with van der Waals surface area (Å²) in [6.07, 6.45) is 2.00. The highest BCUT2D eigenvalue weighted by Crippen LogP contribution is 2.28. The van der Waals surface area contributed by atoms with E-state index in [0.29, 0.717) is 13.1 Å². The number of hydrogen-bond donors (Lipinski definition) is 2. The van der Waals surface area contributed by atoms with Gasteiger partial charge < -0.3 is 10.6 Å². The molecular formula is C18H25N3O2S. The van der Waals surface area contributed by atoms with Crippen molar-refractivity contribution in [2.45, 2.75) is 18.9 Å². The molecule has 0 radical (unpaired) electrons. The molecule has 1 atom stereocenters. The Hall–Kier alpha value is -1.53. The number of carbonyl (C=O) groups is 2. The van der Waals surface area contributed by atoms with Crippen LogP contribution >= 0.6 is 11.8 Å².